The van der Waals surface area contributed by atoms with Crippen LogP contribution in [0.4, 0.5) is 0 Å². The van der Waals surface area contributed by atoms with Crippen LogP contribution in [0.5, 0.6) is 0 Å². The van der Waals surface area contributed by atoms with Gasteiger partial charge in [-0.3, -0.25) is 13.9 Å². The highest BCUT2D eigenvalue weighted by Gasteiger charge is 2.54. The van der Waals surface area contributed by atoms with Crippen molar-refractivity contribution < 1.29 is 56.1 Å². The molecule has 1 amide bonds. The van der Waals surface area contributed by atoms with Crippen molar-refractivity contribution in [3.8, 4) is 0 Å². The van der Waals surface area contributed by atoms with Crippen molar-refractivity contribution in [2.45, 2.75) is 117 Å². The number of aliphatic hydroxyl groups is 1. The van der Waals surface area contributed by atoms with Crippen LogP contribution in [0.15, 0.2) is 72.2 Å². The Morgan fingerprint density at radius 1 is 0.740 bits per heavy atom. The summed E-state index contributed by atoms with van der Waals surface area (Å²) in [4.78, 5) is 26.5. The Balaban J connectivity index is 1.86. The quantitative estimate of drug-likeness (QED) is 0.101. The predicted octanol–water partition coefficient (Wildman–Crippen LogP) is 6.84. The zero-order chi connectivity index (χ0) is 37.1. The van der Waals surface area contributed by atoms with Crippen molar-refractivity contribution in [1.82, 2.24) is 5.32 Å². The highest BCUT2D eigenvalue weighted by Crippen LogP contribution is 2.72. The number of benzene rings is 2. The van der Waals surface area contributed by atoms with Gasteiger partial charge >= 0.3 is 21.2 Å². The molecule has 2 N–H and O–H groups in total. The highest BCUT2D eigenvalue weighted by atomic mass is 31.2. The van der Waals surface area contributed by atoms with E-state index in [1.165, 1.54) is 0 Å². The fraction of sp³-hybridized carbons (Fsp3) is 0.543. The fourth-order valence-electron chi connectivity index (χ4n) is 4.91. The van der Waals surface area contributed by atoms with Gasteiger partial charge in [-0.15, -0.1) is 0 Å². The minimum Gasteiger partial charge on any atom is -0.485 e. The third-order valence-electron chi connectivity index (χ3n) is 6.75. The molecule has 1 aliphatic heterocycles. The molecule has 0 radical (unpaired) electrons. The van der Waals surface area contributed by atoms with Crippen LogP contribution in [0.2, 0.25) is 0 Å². The van der Waals surface area contributed by atoms with Crippen LogP contribution < -0.4 is 5.32 Å². The molecule has 50 heavy (non-hydrogen) atoms. The summed E-state index contributed by atoms with van der Waals surface area (Å²) in [6, 6.07) is 18.4. The summed E-state index contributed by atoms with van der Waals surface area (Å²) in [5.41, 5.74) is 1.59. The average Bonchev–Trinajstić information content (AvgIpc) is 3.34. The number of carbonyl (C=O) groups is 2. The van der Waals surface area contributed by atoms with E-state index in [2.05, 4.69) is 5.32 Å². The van der Waals surface area contributed by atoms with Gasteiger partial charge in [-0.1, -0.05) is 60.7 Å². The number of aliphatic hydroxyl groups excluding tert-OH is 1. The molecule has 278 valence electrons. The molecule has 13 nitrogen and oxygen atoms in total. The molecule has 0 unspecified atom stereocenters. The first kappa shape index (κ1) is 41.4. The van der Waals surface area contributed by atoms with Crippen LogP contribution in [0.25, 0.3) is 0 Å². The van der Waals surface area contributed by atoms with Crippen LogP contribution >= 0.6 is 15.2 Å². The zero-order valence-electron chi connectivity index (χ0n) is 30.0. The second kappa shape index (κ2) is 19.0. The van der Waals surface area contributed by atoms with E-state index in [9.17, 15) is 23.8 Å². The Bertz CT molecular complexity index is 1450. The van der Waals surface area contributed by atoms with Gasteiger partial charge in [-0.25, -0.2) is 4.79 Å². The van der Waals surface area contributed by atoms with Gasteiger partial charge in [0.25, 0.3) is 0 Å². The SMILES string of the molecule is CC(C)OP(=O)(OC(C)C)C(CC(=O)NC[C@H](O)[C@H]1OC(=O)C(OCc2ccccc2)=C1OCc1ccccc1)P(=O)(OC(C)C)OC(C)C. The summed E-state index contributed by atoms with van der Waals surface area (Å²) in [5.74, 6) is -1.84. The van der Waals surface area contributed by atoms with Crippen LogP contribution in [-0.2, 0) is 64.2 Å². The number of esters is 1. The second-order valence-corrected chi connectivity index (χ2v) is 17.5. The van der Waals surface area contributed by atoms with Gasteiger partial charge in [0.05, 0.1) is 30.8 Å². The van der Waals surface area contributed by atoms with Crippen LogP contribution in [0.1, 0.15) is 72.9 Å². The molecule has 2 atom stereocenters. The normalized spacial score (nSPS) is 16.1. The molecule has 3 rings (SSSR count). The monoisotopic (exact) mass is 739 g/mol. The highest BCUT2D eigenvalue weighted by molar-refractivity contribution is 7.72. The lowest BCUT2D eigenvalue weighted by Gasteiger charge is -2.35. The van der Waals surface area contributed by atoms with E-state index < -0.39 is 82.1 Å². The van der Waals surface area contributed by atoms with Crippen LogP contribution in [-0.4, -0.2) is 65.6 Å². The third-order valence-corrected chi connectivity index (χ3v) is 13.1. The summed E-state index contributed by atoms with van der Waals surface area (Å²) in [6.45, 7) is 12.7. The number of carbonyl (C=O) groups excluding carboxylic acids is 2. The van der Waals surface area contributed by atoms with E-state index in [1.54, 1.807) is 55.4 Å². The van der Waals surface area contributed by atoms with Crippen molar-refractivity contribution >= 4 is 27.1 Å². The second-order valence-electron chi connectivity index (χ2n) is 12.8. The van der Waals surface area contributed by atoms with Gasteiger partial charge in [0, 0.05) is 6.54 Å². The first-order chi connectivity index (χ1) is 23.5. The van der Waals surface area contributed by atoms with Crippen molar-refractivity contribution in [2.75, 3.05) is 6.54 Å². The molecule has 0 spiro atoms. The number of hydrogen-bond acceptors (Lipinski definition) is 12. The average molecular weight is 740 g/mol. The van der Waals surface area contributed by atoms with Gasteiger partial charge in [-0.2, -0.15) is 0 Å². The summed E-state index contributed by atoms with van der Waals surface area (Å²) in [6.07, 6.45) is -6.01. The number of nitrogens with one attached hydrogen (secondary N) is 1. The van der Waals surface area contributed by atoms with E-state index in [0.29, 0.717) is 0 Å². The number of cyclic esters (lactones) is 1. The van der Waals surface area contributed by atoms with Gasteiger partial charge in [0.2, 0.25) is 11.7 Å². The summed E-state index contributed by atoms with van der Waals surface area (Å²) in [7, 11) is -8.69. The number of hydrogen-bond donors (Lipinski definition) is 2. The van der Waals surface area contributed by atoms with Gasteiger partial charge in [-0.05, 0) is 66.5 Å². The maximum Gasteiger partial charge on any atom is 0.378 e. The molecule has 0 saturated heterocycles. The minimum absolute atomic E-state index is 0.0326. The van der Waals surface area contributed by atoms with Crippen molar-refractivity contribution in [1.29, 1.82) is 0 Å². The maximum atomic E-state index is 14.4. The Morgan fingerprint density at radius 2 is 1.16 bits per heavy atom. The Kier molecular flexibility index (Phi) is 15.7. The van der Waals surface area contributed by atoms with Crippen molar-refractivity contribution in [3.05, 3.63) is 83.3 Å². The van der Waals surface area contributed by atoms with Crippen LogP contribution in [0, 0.1) is 0 Å². The Hall–Kier alpha value is -3.02. The zero-order valence-corrected chi connectivity index (χ0v) is 31.8. The first-order valence-electron chi connectivity index (χ1n) is 16.7. The molecule has 2 aromatic carbocycles. The van der Waals surface area contributed by atoms with Crippen LogP contribution in [0.3, 0.4) is 0 Å². The fourth-order valence-corrected chi connectivity index (χ4v) is 10.7. The lowest BCUT2D eigenvalue weighted by Crippen LogP contribution is -2.41. The third kappa shape index (κ3) is 12.3. The maximum absolute atomic E-state index is 14.4. The topological polar surface area (TPSA) is 165 Å². The molecule has 0 bridgehead atoms. The largest absolute Gasteiger partial charge is 0.485 e. The Labute approximate surface area is 295 Å². The molecule has 1 heterocycles. The van der Waals surface area contributed by atoms with Gasteiger partial charge < -0.3 is 42.7 Å². The summed E-state index contributed by atoms with van der Waals surface area (Å²) in [5, 5.41) is 12.2. The molecule has 2 aromatic rings. The Morgan fingerprint density at radius 3 is 1.58 bits per heavy atom. The van der Waals surface area contributed by atoms with Crippen molar-refractivity contribution in [2.24, 2.45) is 0 Å². The van der Waals surface area contributed by atoms with Gasteiger partial charge in [0.15, 0.2) is 17.3 Å². The molecule has 0 saturated carbocycles. The molecular weight excluding hydrogens is 688 g/mol. The smallest absolute Gasteiger partial charge is 0.378 e. The molecule has 0 aliphatic carbocycles. The molecular formula is C35H51NO12P2. The standard InChI is InChI=1S/C35H51NO12P2/c1-23(2)45-49(40,46-24(3)4)31(50(41,47-25(5)6)48-26(7)8)19-30(38)36-20-29(37)32-33(42-21-27-15-11-9-12-16-27)34(35(39)44-32)43-22-28-17-13-10-14-18-28/h9-18,23-26,29,31-32,37H,19-22H2,1-8H3,(H,36,38)/t29-,32+/m0/s1. The number of ether oxygens (including phenoxy) is 3. The lowest BCUT2D eigenvalue weighted by atomic mass is 10.1. The van der Waals surface area contributed by atoms with E-state index in [-0.39, 0.29) is 24.7 Å². The van der Waals surface area contributed by atoms with E-state index in [0.717, 1.165) is 11.1 Å². The summed E-state index contributed by atoms with van der Waals surface area (Å²) >= 11 is 0. The van der Waals surface area contributed by atoms with E-state index in [4.69, 9.17) is 32.3 Å². The van der Waals surface area contributed by atoms with Crippen molar-refractivity contribution in [3.63, 3.8) is 0 Å². The van der Waals surface area contributed by atoms with Gasteiger partial charge in [0.1, 0.15) is 19.3 Å². The predicted molar refractivity (Wildman–Crippen MR) is 187 cm³/mol. The minimum atomic E-state index is -4.35. The molecule has 0 aromatic heterocycles. The van der Waals surface area contributed by atoms with E-state index in [1.807, 2.05) is 60.7 Å². The number of amides is 1. The molecule has 0 fully saturated rings. The lowest BCUT2D eigenvalue weighted by molar-refractivity contribution is -0.147. The summed E-state index contributed by atoms with van der Waals surface area (Å²) < 4.78 is 69.1. The molecule has 1 aliphatic rings. The molecule has 15 heteroatoms. The first-order valence-corrected chi connectivity index (χ1v) is 19.9. The number of rotatable bonds is 21. The van der Waals surface area contributed by atoms with E-state index >= 15 is 0 Å².